The van der Waals surface area contributed by atoms with E-state index < -0.39 is 0 Å². The first-order valence-corrected chi connectivity index (χ1v) is 10.2. The lowest BCUT2D eigenvalue weighted by Crippen LogP contribution is -2.23. The fourth-order valence-corrected chi connectivity index (χ4v) is 4.40. The first-order valence-electron chi connectivity index (χ1n) is 8.38. The van der Waals surface area contributed by atoms with Gasteiger partial charge in [0.2, 0.25) is 0 Å². The van der Waals surface area contributed by atoms with Crippen LogP contribution in [0.1, 0.15) is 11.3 Å². The molecule has 0 fully saturated rings. The summed E-state index contributed by atoms with van der Waals surface area (Å²) in [4.78, 5) is 22.1. The van der Waals surface area contributed by atoms with E-state index in [2.05, 4.69) is 4.98 Å². The van der Waals surface area contributed by atoms with Crippen LogP contribution in [0.3, 0.4) is 0 Å². The highest BCUT2D eigenvalue weighted by molar-refractivity contribution is 7.98. The van der Waals surface area contributed by atoms with Gasteiger partial charge in [-0.05, 0) is 41.3 Å². The van der Waals surface area contributed by atoms with Crippen LogP contribution in [0.15, 0.2) is 70.1 Å². The molecule has 5 nitrogen and oxygen atoms in total. The molecule has 0 spiro atoms. The number of pyridine rings is 1. The van der Waals surface area contributed by atoms with Crippen LogP contribution in [-0.2, 0) is 12.3 Å². The summed E-state index contributed by atoms with van der Waals surface area (Å²) >= 11 is 2.96. The SMILES string of the molecule is COc1ccc(Cn2c(SCc3ccccn3)nc3ccsc3c2=O)cc1. The number of thioether (sulfide) groups is 1. The van der Waals surface area contributed by atoms with Crippen molar-refractivity contribution < 1.29 is 4.74 Å². The molecular weight excluding hydrogens is 378 g/mol. The summed E-state index contributed by atoms with van der Waals surface area (Å²) < 4.78 is 7.64. The van der Waals surface area contributed by atoms with E-state index in [-0.39, 0.29) is 5.56 Å². The van der Waals surface area contributed by atoms with Crippen molar-refractivity contribution in [3.05, 3.63) is 81.7 Å². The number of hydrogen-bond acceptors (Lipinski definition) is 6. The number of ether oxygens (including phenoxy) is 1. The molecule has 0 saturated carbocycles. The van der Waals surface area contributed by atoms with Crippen molar-refractivity contribution in [3.63, 3.8) is 0 Å². The van der Waals surface area contributed by atoms with Gasteiger partial charge in [0.25, 0.3) is 5.56 Å². The number of nitrogens with zero attached hydrogens (tertiary/aromatic N) is 3. The van der Waals surface area contributed by atoms with Gasteiger partial charge in [-0.15, -0.1) is 11.3 Å². The minimum atomic E-state index is -0.00524. The second-order valence-electron chi connectivity index (χ2n) is 5.88. The zero-order chi connectivity index (χ0) is 18.6. The molecule has 3 aromatic heterocycles. The minimum Gasteiger partial charge on any atom is -0.497 e. The lowest BCUT2D eigenvalue weighted by molar-refractivity contribution is 0.414. The van der Waals surface area contributed by atoms with Gasteiger partial charge in [-0.1, -0.05) is 30.0 Å². The Morgan fingerprint density at radius 3 is 2.74 bits per heavy atom. The molecule has 1 aromatic carbocycles. The molecule has 0 radical (unpaired) electrons. The second kappa shape index (κ2) is 7.94. The van der Waals surface area contributed by atoms with E-state index in [1.165, 1.54) is 23.1 Å². The van der Waals surface area contributed by atoms with Crippen molar-refractivity contribution in [3.8, 4) is 5.75 Å². The number of thiophene rings is 1. The van der Waals surface area contributed by atoms with Gasteiger partial charge in [0.05, 0.1) is 24.9 Å². The van der Waals surface area contributed by atoms with Crippen molar-refractivity contribution in [2.45, 2.75) is 17.5 Å². The Balaban J connectivity index is 1.69. The van der Waals surface area contributed by atoms with Gasteiger partial charge >= 0.3 is 0 Å². The maximum absolute atomic E-state index is 13.0. The third-order valence-corrected chi connectivity index (χ3v) is 6.01. The van der Waals surface area contributed by atoms with E-state index in [1.54, 1.807) is 17.9 Å². The molecule has 0 atom stereocenters. The highest BCUT2D eigenvalue weighted by Gasteiger charge is 2.13. The molecule has 7 heteroatoms. The Kier molecular flexibility index (Phi) is 5.22. The maximum Gasteiger partial charge on any atom is 0.272 e. The Morgan fingerprint density at radius 2 is 2.00 bits per heavy atom. The first kappa shape index (κ1) is 17.8. The van der Waals surface area contributed by atoms with Crippen LogP contribution in [0.25, 0.3) is 10.2 Å². The Bertz CT molecular complexity index is 1110. The van der Waals surface area contributed by atoms with Gasteiger partial charge in [0.15, 0.2) is 5.16 Å². The van der Waals surface area contributed by atoms with E-state index in [0.717, 1.165) is 22.5 Å². The Morgan fingerprint density at radius 1 is 1.15 bits per heavy atom. The van der Waals surface area contributed by atoms with Crippen molar-refractivity contribution in [2.24, 2.45) is 0 Å². The summed E-state index contributed by atoms with van der Waals surface area (Å²) in [7, 11) is 1.64. The van der Waals surface area contributed by atoms with Crippen LogP contribution in [0.5, 0.6) is 5.75 Å². The number of benzene rings is 1. The van der Waals surface area contributed by atoms with Gasteiger partial charge in [0, 0.05) is 11.9 Å². The molecule has 0 bridgehead atoms. The molecule has 4 aromatic rings. The van der Waals surface area contributed by atoms with Crippen LogP contribution in [-0.4, -0.2) is 21.6 Å². The van der Waals surface area contributed by atoms with Crippen LogP contribution in [0.4, 0.5) is 0 Å². The van der Waals surface area contributed by atoms with E-state index in [4.69, 9.17) is 9.72 Å². The predicted molar refractivity (Wildman–Crippen MR) is 110 cm³/mol. The molecule has 0 aliphatic rings. The fourth-order valence-electron chi connectivity index (χ4n) is 2.71. The standard InChI is InChI=1S/C20H17N3O2S2/c1-25-16-7-5-14(6-8-16)12-23-19(24)18-17(9-11-26-18)22-20(23)27-13-15-4-2-3-10-21-15/h2-11H,12-13H2,1H3. The second-order valence-corrected chi connectivity index (χ2v) is 7.74. The molecule has 136 valence electrons. The lowest BCUT2D eigenvalue weighted by atomic mass is 10.2. The van der Waals surface area contributed by atoms with Crippen LogP contribution < -0.4 is 10.3 Å². The summed E-state index contributed by atoms with van der Waals surface area (Å²) in [5.41, 5.74) is 2.72. The zero-order valence-electron chi connectivity index (χ0n) is 14.7. The summed E-state index contributed by atoms with van der Waals surface area (Å²) in [6.45, 7) is 0.466. The predicted octanol–water partition coefficient (Wildman–Crippen LogP) is 4.20. The fraction of sp³-hybridized carbons (Fsp3) is 0.150. The quantitative estimate of drug-likeness (QED) is 0.362. The van der Waals surface area contributed by atoms with E-state index >= 15 is 0 Å². The number of hydrogen-bond donors (Lipinski definition) is 0. The molecule has 3 heterocycles. The molecule has 0 saturated heterocycles. The molecule has 0 N–H and O–H groups in total. The topological polar surface area (TPSA) is 57.0 Å². The third-order valence-electron chi connectivity index (χ3n) is 4.11. The van der Waals surface area contributed by atoms with E-state index in [1.807, 2.05) is 53.9 Å². The highest BCUT2D eigenvalue weighted by Crippen LogP contribution is 2.24. The summed E-state index contributed by atoms with van der Waals surface area (Å²) in [6.07, 6.45) is 1.77. The number of aromatic nitrogens is 3. The normalized spacial score (nSPS) is 11.0. The summed E-state index contributed by atoms with van der Waals surface area (Å²) in [6, 6.07) is 15.5. The van der Waals surface area contributed by atoms with Crippen LogP contribution in [0, 0.1) is 0 Å². The van der Waals surface area contributed by atoms with Crippen LogP contribution in [0.2, 0.25) is 0 Å². The van der Waals surface area contributed by atoms with E-state index in [9.17, 15) is 4.79 Å². The Hall–Kier alpha value is -2.64. The number of fused-ring (bicyclic) bond motifs is 1. The maximum atomic E-state index is 13.0. The Labute approximate surface area is 164 Å². The molecule has 0 aliphatic heterocycles. The summed E-state index contributed by atoms with van der Waals surface area (Å²) in [5.74, 6) is 1.45. The van der Waals surface area contributed by atoms with Gasteiger partial charge in [-0.2, -0.15) is 0 Å². The highest BCUT2D eigenvalue weighted by atomic mass is 32.2. The minimum absolute atomic E-state index is 0.00524. The van der Waals surface area contributed by atoms with Gasteiger partial charge in [0.1, 0.15) is 10.4 Å². The van der Waals surface area contributed by atoms with Crippen molar-refractivity contribution in [1.82, 2.24) is 14.5 Å². The number of rotatable bonds is 6. The van der Waals surface area contributed by atoms with Crippen LogP contribution >= 0.6 is 23.1 Å². The lowest BCUT2D eigenvalue weighted by Gasteiger charge is -2.12. The van der Waals surface area contributed by atoms with Gasteiger partial charge in [-0.25, -0.2) is 4.98 Å². The average molecular weight is 396 g/mol. The number of methoxy groups -OCH3 is 1. The van der Waals surface area contributed by atoms with Crippen molar-refractivity contribution in [2.75, 3.05) is 7.11 Å². The monoisotopic (exact) mass is 395 g/mol. The molecule has 0 aliphatic carbocycles. The molecule has 27 heavy (non-hydrogen) atoms. The van der Waals surface area contributed by atoms with Crippen molar-refractivity contribution >= 4 is 33.3 Å². The third kappa shape index (κ3) is 3.89. The first-order chi connectivity index (χ1) is 13.2. The smallest absolute Gasteiger partial charge is 0.272 e. The molecule has 0 amide bonds. The van der Waals surface area contributed by atoms with Gasteiger partial charge < -0.3 is 4.74 Å². The molecular formula is C20H17N3O2S2. The average Bonchev–Trinajstić information content (AvgIpc) is 3.19. The van der Waals surface area contributed by atoms with E-state index in [0.29, 0.717) is 22.2 Å². The zero-order valence-corrected chi connectivity index (χ0v) is 16.3. The van der Waals surface area contributed by atoms with Gasteiger partial charge in [-0.3, -0.25) is 14.3 Å². The summed E-state index contributed by atoms with van der Waals surface area (Å²) in [5, 5.41) is 2.61. The molecule has 4 rings (SSSR count). The largest absolute Gasteiger partial charge is 0.497 e. The van der Waals surface area contributed by atoms with Crippen molar-refractivity contribution in [1.29, 1.82) is 0 Å². The molecule has 0 unspecified atom stereocenters.